The Morgan fingerprint density at radius 1 is 0.920 bits per heavy atom. The van der Waals surface area contributed by atoms with Crippen LogP contribution in [0.2, 0.25) is 0 Å². The summed E-state index contributed by atoms with van der Waals surface area (Å²) >= 11 is 0. The van der Waals surface area contributed by atoms with Gasteiger partial charge in [-0.05, 0) is 91.7 Å². The number of benzene rings is 4. The zero-order chi connectivity index (χ0) is 35.2. The number of amides is 2. The fraction of sp³-hybridized carbons (Fsp3) is 0.243. The Kier molecular flexibility index (Phi) is 10.1. The minimum Gasteiger partial charge on any atom is -0.497 e. The molecule has 50 heavy (non-hydrogen) atoms. The first kappa shape index (κ1) is 33.8. The second kappa shape index (κ2) is 15.0. The number of piperazine rings is 1. The molecule has 1 aromatic heterocycles. The molecule has 5 aromatic rings. The normalized spacial score (nSPS) is 13.6. The van der Waals surface area contributed by atoms with Gasteiger partial charge in [0.05, 0.1) is 18.1 Å². The lowest BCUT2D eigenvalue weighted by Gasteiger charge is -2.36. The number of nitrogens with two attached hydrogens (primary N) is 2. The summed E-state index contributed by atoms with van der Waals surface area (Å²) in [5.74, 6) is 1.26. The Balaban J connectivity index is 1.31. The largest absolute Gasteiger partial charge is 0.497 e. The molecular weight excluding hydrogens is 639 g/mol. The first-order chi connectivity index (χ1) is 24.2. The SMILES string of the molecule is COc1ccc(Oc2cccc(-c3nc4cc(C(=O)N5CCN(c6ccc(F)cc6)CC5)ccc4n3[C@@H](CCCNC(=N)N)C(N)=O)c2)cc1. The van der Waals surface area contributed by atoms with Crippen molar-refractivity contribution in [2.24, 2.45) is 11.5 Å². The summed E-state index contributed by atoms with van der Waals surface area (Å²) in [6, 6.07) is 25.5. The van der Waals surface area contributed by atoms with Gasteiger partial charge in [-0.1, -0.05) is 12.1 Å². The molecule has 4 aromatic carbocycles. The van der Waals surface area contributed by atoms with Gasteiger partial charge in [-0.25, -0.2) is 9.37 Å². The lowest BCUT2D eigenvalue weighted by molar-refractivity contribution is -0.121. The van der Waals surface area contributed by atoms with Crippen molar-refractivity contribution in [2.45, 2.75) is 18.9 Å². The molecular formula is C37H39FN8O4. The van der Waals surface area contributed by atoms with E-state index < -0.39 is 11.9 Å². The maximum atomic E-state index is 13.7. The van der Waals surface area contributed by atoms with Crippen LogP contribution in [0, 0.1) is 11.2 Å². The van der Waals surface area contributed by atoms with Crippen LogP contribution < -0.4 is 31.2 Å². The van der Waals surface area contributed by atoms with Gasteiger partial charge in [0.2, 0.25) is 5.91 Å². The average molecular weight is 679 g/mol. The molecule has 1 aliphatic rings. The first-order valence-corrected chi connectivity index (χ1v) is 16.3. The van der Waals surface area contributed by atoms with Gasteiger partial charge >= 0.3 is 0 Å². The fourth-order valence-corrected chi connectivity index (χ4v) is 6.15. The van der Waals surface area contributed by atoms with Gasteiger partial charge in [-0.2, -0.15) is 0 Å². The van der Waals surface area contributed by atoms with Gasteiger partial charge in [0.1, 0.15) is 34.9 Å². The monoisotopic (exact) mass is 678 g/mol. The molecule has 6 N–H and O–H groups in total. The molecule has 1 atom stereocenters. The fourth-order valence-electron chi connectivity index (χ4n) is 6.15. The number of anilines is 1. The Labute approximate surface area is 288 Å². The van der Waals surface area contributed by atoms with E-state index >= 15 is 0 Å². The number of primary amides is 1. The van der Waals surface area contributed by atoms with Crippen molar-refractivity contribution in [3.05, 3.63) is 102 Å². The Morgan fingerprint density at radius 3 is 2.32 bits per heavy atom. The van der Waals surface area contributed by atoms with Crippen LogP contribution >= 0.6 is 0 Å². The number of ether oxygens (including phenoxy) is 2. The van der Waals surface area contributed by atoms with Crippen molar-refractivity contribution in [1.29, 1.82) is 5.41 Å². The zero-order valence-corrected chi connectivity index (χ0v) is 27.6. The minimum absolute atomic E-state index is 0.126. The number of halogens is 1. The molecule has 0 radical (unpaired) electrons. The van der Waals surface area contributed by atoms with E-state index in [0.717, 1.165) is 5.69 Å². The summed E-state index contributed by atoms with van der Waals surface area (Å²) < 4.78 is 26.6. The lowest BCUT2D eigenvalue weighted by atomic mass is 10.1. The summed E-state index contributed by atoms with van der Waals surface area (Å²) in [5, 5.41) is 10.2. The highest BCUT2D eigenvalue weighted by atomic mass is 19.1. The molecule has 6 rings (SSSR count). The molecule has 0 saturated carbocycles. The van der Waals surface area contributed by atoms with Crippen molar-refractivity contribution in [2.75, 3.05) is 44.7 Å². The van der Waals surface area contributed by atoms with E-state index in [0.29, 0.717) is 90.8 Å². The van der Waals surface area contributed by atoms with Crippen LogP contribution in [0.4, 0.5) is 10.1 Å². The number of rotatable bonds is 12. The molecule has 0 unspecified atom stereocenters. The number of nitrogens with zero attached hydrogens (tertiary/aromatic N) is 4. The van der Waals surface area contributed by atoms with Crippen LogP contribution in [0.25, 0.3) is 22.4 Å². The molecule has 258 valence electrons. The molecule has 12 nitrogen and oxygen atoms in total. The van der Waals surface area contributed by atoms with Gasteiger partial charge < -0.3 is 40.6 Å². The van der Waals surface area contributed by atoms with E-state index in [1.807, 2.05) is 28.8 Å². The molecule has 1 aliphatic heterocycles. The quantitative estimate of drug-likeness (QED) is 0.0823. The highest BCUT2D eigenvalue weighted by Gasteiger charge is 2.27. The third-order valence-electron chi connectivity index (χ3n) is 8.69. The molecule has 2 heterocycles. The standard InChI is InChI=1S/C37H39FN8O4/c1-49-28-12-14-29(15-13-28)50-30-5-2-4-24(22-30)35-43-31-23-25(7-16-32(31)46(35)33(34(39)47)6-3-17-42-37(40)41)36(48)45-20-18-44(19-21-45)27-10-8-26(38)9-11-27/h2,4-5,7-16,22-23,33H,3,6,17-21H2,1H3,(H2,39,47)(H4,40,41,42)/t33-/m0/s1. The van der Waals surface area contributed by atoms with Crippen molar-refractivity contribution in [1.82, 2.24) is 19.8 Å². The second-order valence-corrected chi connectivity index (χ2v) is 12.0. The Morgan fingerprint density at radius 2 is 1.64 bits per heavy atom. The summed E-state index contributed by atoms with van der Waals surface area (Å²) in [5.41, 5.74) is 14.7. The molecule has 13 heteroatoms. The van der Waals surface area contributed by atoms with Gasteiger partial charge in [-0.3, -0.25) is 15.0 Å². The van der Waals surface area contributed by atoms with Crippen LogP contribution in [0.3, 0.4) is 0 Å². The van der Waals surface area contributed by atoms with Crippen LogP contribution in [0.15, 0.2) is 91.0 Å². The predicted molar refractivity (Wildman–Crippen MR) is 190 cm³/mol. The average Bonchev–Trinajstić information content (AvgIpc) is 3.50. The van der Waals surface area contributed by atoms with E-state index in [1.165, 1.54) is 12.1 Å². The van der Waals surface area contributed by atoms with Crippen LogP contribution in [-0.2, 0) is 4.79 Å². The molecule has 2 amide bonds. The highest BCUT2D eigenvalue weighted by molar-refractivity contribution is 5.98. The molecule has 0 bridgehead atoms. The smallest absolute Gasteiger partial charge is 0.254 e. The van der Waals surface area contributed by atoms with Crippen LogP contribution in [0.5, 0.6) is 17.2 Å². The number of hydrogen-bond donors (Lipinski definition) is 4. The summed E-state index contributed by atoms with van der Waals surface area (Å²) in [7, 11) is 1.60. The van der Waals surface area contributed by atoms with Crippen LogP contribution in [-0.4, -0.2) is 72.1 Å². The first-order valence-electron chi connectivity index (χ1n) is 16.3. The minimum atomic E-state index is -0.781. The highest BCUT2D eigenvalue weighted by Crippen LogP contribution is 2.34. The summed E-state index contributed by atoms with van der Waals surface area (Å²) in [6.45, 7) is 2.64. The van der Waals surface area contributed by atoms with E-state index in [2.05, 4.69) is 10.2 Å². The van der Waals surface area contributed by atoms with Gasteiger partial charge in [0, 0.05) is 49.5 Å². The molecule has 0 spiro atoms. The third kappa shape index (κ3) is 7.62. The van der Waals surface area contributed by atoms with E-state index in [4.69, 9.17) is 31.3 Å². The zero-order valence-electron chi connectivity index (χ0n) is 27.6. The van der Waals surface area contributed by atoms with Crippen molar-refractivity contribution >= 4 is 34.5 Å². The number of hydrogen-bond acceptors (Lipinski definition) is 7. The Hall–Kier alpha value is -6.11. The number of carbonyl (C=O) groups is 2. The second-order valence-electron chi connectivity index (χ2n) is 12.0. The summed E-state index contributed by atoms with van der Waals surface area (Å²) in [6.07, 6.45) is 0.864. The third-order valence-corrected chi connectivity index (χ3v) is 8.69. The summed E-state index contributed by atoms with van der Waals surface area (Å²) in [4.78, 5) is 35.6. The van der Waals surface area contributed by atoms with Crippen molar-refractivity contribution < 1.29 is 23.5 Å². The number of imidazole rings is 1. The Bertz CT molecular complexity index is 1990. The van der Waals surface area contributed by atoms with Gasteiger partial charge in [0.15, 0.2) is 5.96 Å². The van der Waals surface area contributed by atoms with Crippen molar-refractivity contribution in [3.63, 3.8) is 0 Å². The van der Waals surface area contributed by atoms with Gasteiger partial charge in [0.25, 0.3) is 5.91 Å². The molecule has 1 saturated heterocycles. The van der Waals surface area contributed by atoms with Crippen molar-refractivity contribution in [3.8, 4) is 28.6 Å². The number of aromatic nitrogens is 2. The number of guanidine groups is 1. The number of fused-ring (bicyclic) bond motifs is 1. The maximum absolute atomic E-state index is 13.7. The number of carbonyl (C=O) groups excluding carboxylic acids is 2. The van der Waals surface area contributed by atoms with Crippen LogP contribution in [0.1, 0.15) is 29.2 Å². The van der Waals surface area contributed by atoms with E-state index in [-0.39, 0.29) is 17.7 Å². The predicted octanol–water partition coefficient (Wildman–Crippen LogP) is 4.90. The molecule has 0 aliphatic carbocycles. The lowest BCUT2D eigenvalue weighted by Crippen LogP contribution is -2.48. The molecule has 1 fully saturated rings. The number of nitrogens with one attached hydrogen (secondary N) is 2. The van der Waals surface area contributed by atoms with Gasteiger partial charge in [-0.15, -0.1) is 0 Å². The van der Waals surface area contributed by atoms with E-state index in [9.17, 15) is 14.0 Å². The van der Waals surface area contributed by atoms with E-state index in [1.54, 1.807) is 66.6 Å². The topological polar surface area (TPSA) is 165 Å². The number of methoxy groups -OCH3 is 1. The maximum Gasteiger partial charge on any atom is 0.254 e.